The largest absolute Gasteiger partial charge is 0.355 e. The SMILES string of the molecule is CCCNC(=O)CN1CCC(F)(CNC(=O)c2ccccc2)CC1Cl. The standard InChI is InChI=1S/C18H25ClFN3O2/c1-2-9-21-16(24)12-23-10-8-18(20,11-15(23)19)13-22-17(25)14-6-4-3-5-7-14/h3-7,15H,2,8-13H2,1H3,(H,21,24)(H,22,25). The smallest absolute Gasteiger partial charge is 0.251 e. The Kier molecular flexibility index (Phi) is 7.20. The van der Waals surface area contributed by atoms with Crippen molar-refractivity contribution in [1.29, 1.82) is 0 Å². The molecule has 1 aliphatic heterocycles. The first-order valence-corrected chi connectivity index (χ1v) is 9.04. The molecule has 1 aromatic carbocycles. The Hall–Kier alpha value is -1.66. The highest BCUT2D eigenvalue weighted by molar-refractivity contribution is 6.20. The van der Waals surface area contributed by atoms with E-state index < -0.39 is 11.2 Å². The summed E-state index contributed by atoms with van der Waals surface area (Å²) in [5, 5.41) is 5.43. The minimum Gasteiger partial charge on any atom is -0.355 e. The average molecular weight is 370 g/mol. The summed E-state index contributed by atoms with van der Waals surface area (Å²) in [5.41, 5.74) is -1.63. The second-order valence-corrected chi connectivity index (χ2v) is 6.91. The van der Waals surface area contributed by atoms with Crippen molar-refractivity contribution < 1.29 is 14.0 Å². The van der Waals surface area contributed by atoms with Crippen molar-refractivity contribution in [3.05, 3.63) is 35.9 Å². The Labute approximate surface area is 152 Å². The normalized spacial score (nSPS) is 23.9. The number of amides is 2. The van der Waals surface area contributed by atoms with E-state index in [1.807, 2.05) is 13.0 Å². The van der Waals surface area contributed by atoms with Gasteiger partial charge in [0.25, 0.3) is 5.91 Å². The van der Waals surface area contributed by atoms with Crippen LogP contribution in [0.4, 0.5) is 4.39 Å². The van der Waals surface area contributed by atoms with Gasteiger partial charge in [-0.15, -0.1) is 11.6 Å². The van der Waals surface area contributed by atoms with Gasteiger partial charge in [0.1, 0.15) is 5.67 Å². The third-order valence-electron chi connectivity index (χ3n) is 4.30. The number of halogens is 2. The van der Waals surface area contributed by atoms with Gasteiger partial charge in [0.05, 0.1) is 18.6 Å². The van der Waals surface area contributed by atoms with Gasteiger partial charge in [0.15, 0.2) is 0 Å². The van der Waals surface area contributed by atoms with Crippen molar-refractivity contribution in [1.82, 2.24) is 15.5 Å². The highest BCUT2D eigenvalue weighted by Crippen LogP contribution is 2.31. The number of hydrogen-bond donors (Lipinski definition) is 2. The van der Waals surface area contributed by atoms with Crippen molar-refractivity contribution in [3.8, 4) is 0 Å². The lowest BCUT2D eigenvalue weighted by atomic mass is 9.92. The Morgan fingerprint density at radius 1 is 1.32 bits per heavy atom. The summed E-state index contributed by atoms with van der Waals surface area (Å²) in [6.07, 6.45) is 1.17. The molecule has 138 valence electrons. The lowest BCUT2D eigenvalue weighted by Gasteiger charge is -2.39. The quantitative estimate of drug-likeness (QED) is 0.572. The molecule has 25 heavy (non-hydrogen) atoms. The molecule has 0 spiro atoms. The average Bonchev–Trinajstić information content (AvgIpc) is 2.61. The molecule has 7 heteroatoms. The van der Waals surface area contributed by atoms with E-state index in [-0.39, 0.29) is 37.7 Å². The first-order valence-electron chi connectivity index (χ1n) is 8.60. The Morgan fingerprint density at radius 2 is 2.04 bits per heavy atom. The van der Waals surface area contributed by atoms with Gasteiger partial charge in [-0.3, -0.25) is 14.5 Å². The summed E-state index contributed by atoms with van der Waals surface area (Å²) in [5.74, 6) is -0.402. The third kappa shape index (κ3) is 5.97. The zero-order valence-corrected chi connectivity index (χ0v) is 15.2. The molecule has 1 fully saturated rings. The molecule has 1 aromatic rings. The minimum absolute atomic E-state index is 0.0741. The fourth-order valence-electron chi connectivity index (χ4n) is 2.79. The third-order valence-corrected chi connectivity index (χ3v) is 4.73. The number of rotatable bonds is 7. The molecule has 1 aliphatic rings. The van der Waals surface area contributed by atoms with Gasteiger partial charge in [0.2, 0.25) is 5.91 Å². The molecule has 1 saturated heterocycles. The number of likely N-dealkylation sites (tertiary alicyclic amines) is 1. The number of carbonyl (C=O) groups is 2. The highest BCUT2D eigenvalue weighted by atomic mass is 35.5. The zero-order chi connectivity index (χ0) is 18.3. The van der Waals surface area contributed by atoms with Crippen LogP contribution in [0.3, 0.4) is 0 Å². The number of nitrogens with one attached hydrogen (secondary N) is 2. The Morgan fingerprint density at radius 3 is 2.68 bits per heavy atom. The summed E-state index contributed by atoms with van der Waals surface area (Å²) in [7, 11) is 0. The molecule has 0 aromatic heterocycles. The van der Waals surface area contributed by atoms with E-state index in [0.717, 1.165) is 6.42 Å². The van der Waals surface area contributed by atoms with E-state index in [0.29, 0.717) is 18.7 Å². The second-order valence-electron chi connectivity index (χ2n) is 6.41. The molecule has 0 saturated carbocycles. The van der Waals surface area contributed by atoms with Gasteiger partial charge in [-0.25, -0.2) is 4.39 Å². The lowest BCUT2D eigenvalue weighted by molar-refractivity contribution is -0.123. The van der Waals surface area contributed by atoms with Crippen molar-refractivity contribution in [2.75, 3.05) is 26.2 Å². The molecular formula is C18H25ClFN3O2. The van der Waals surface area contributed by atoms with E-state index in [4.69, 9.17) is 11.6 Å². The van der Waals surface area contributed by atoms with Crippen LogP contribution in [0.5, 0.6) is 0 Å². The summed E-state index contributed by atoms with van der Waals surface area (Å²) in [6, 6.07) is 8.70. The van der Waals surface area contributed by atoms with Crippen LogP contribution in [0.2, 0.25) is 0 Å². The molecule has 2 atom stereocenters. The van der Waals surface area contributed by atoms with E-state index >= 15 is 0 Å². The van der Waals surface area contributed by atoms with Gasteiger partial charge in [-0.05, 0) is 25.0 Å². The molecule has 5 nitrogen and oxygen atoms in total. The molecule has 0 radical (unpaired) electrons. The predicted octanol–water partition coefficient (Wildman–Crippen LogP) is 2.31. The molecular weight excluding hydrogens is 345 g/mol. The maximum atomic E-state index is 15.0. The Bertz CT molecular complexity index is 587. The molecule has 2 rings (SSSR count). The van der Waals surface area contributed by atoms with Crippen LogP contribution >= 0.6 is 11.6 Å². The van der Waals surface area contributed by atoms with E-state index in [2.05, 4.69) is 10.6 Å². The van der Waals surface area contributed by atoms with Crippen molar-refractivity contribution in [3.63, 3.8) is 0 Å². The van der Waals surface area contributed by atoms with Crippen LogP contribution in [0, 0.1) is 0 Å². The number of hydrogen-bond acceptors (Lipinski definition) is 3. The van der Waals surface area contributed by atoms with Gasteiger partial charge >= 0.3 is 0 Å². The number of piperidine rings is 1. The summed E-state index contributed by atoms with van der Waals surface area (Å²) in [4.78, 5) is 25.6. The minimum atomic E-state index is -1.56. The van der Waals surface area contributed by atoms with Gasteiger partial charge in [-0.2, -0.15) is 0 Å². The summed E-state index contributed by atoms with van der Waals surface area (Å²) >= 11 is 6.27. The van der Waals surface area contributed by atoms with Crippen LogP contribution in [-0.4, -0.2) is 54.1 Å². The maximum Gasteiger partial charge on any atom is 0.251 e. The molecule has 1 heterocycles. The van der Waals surface area contributed by atoms with Crippen molar-refractivity contribution in [2.45, 2.75) is 37.4 Å². The number of nitrogens with zero attached hydrogens (tertiary/aromatic N) is 1. The zero-order valence-electron chi connectivity index (χ0n) is 14.4. The topological polar surface area (TPSA) is 61.4 Å². The number of carbonyl (C=O) groups excluding carboxylic acids is 2. The summed E-state index contributed by atoms with van der Waals surface area (Å²) < 4.78 is 15.0. The first kappa shape index (κ1) is 19.7. The fraction of sp³-hybridized carbons (Fsp3) is 0.556. The predicted molar refractivity (Wildman–Crippen MR) is 96.4 cm³/mol. The molecule has 2 amide bonds. The summed E-state index contributed by atoms with van der Waals surface area (Å²) in [6.45, 7) is 3.07. The van der Waals surface area contributed by atoms with Crippen LogP contribution in [-0.2, 0) is 4.79 Å². The van der Waals surface area contributed by atoms with E-state index in [1.54, 1.807) is 29.2 Å². The Balaban J connectivity index is 1.82. The van der Waals surface area contributed by atoms with Crippen molar-refractivity contribution >= 4 is 23.4 Å². The van der Waals surface area contributed by atoms with Crippen LogP contribution < -0.4 is 10.6 Å². The molecule has 2 N–H and O–H groups in total. The molecule has 2 unspecified atom stereocenters. The van der Waals surface area contributed by atoms with Crippen molar-refractivity contribution in [2.24, 2.45) is 0 Å². The first-order chi connectivity index (χ1) is 11.9. The van der Waals surface area contributed by atoms with Crippen LogP contribution in [0.1, 0.15) is 36.5 Å². The second kappa shape index (κ2) is 9.15. The number of alkyl halides is 2. The molecule has 0 aliphatic carbocycles. The number of benzene rings is 1. The van der Waals surface area contributed by atoms with Crippen LogP contribution in [0.25, 0.3) is 0 Å². The molecule has 0 bridgehead atoms. The van der Waals surface area contributed by atoms with E-state index in [1.165, 1.54) is 0 Å². The van der Waals surface area contributed by atoms with Gasteiger partial charge in [-0.1, -0.05) is 25.1 Å². The lowest BCUT2D eigenvalue weighted by Crippen LogP contribution is -2.53. The maximum absolute atomic E-state index is 15.0. The van der Waals surface area contributed by atoms with Gasteiger partial charge in [0, 0.05) is 25.1 Å². The highest BCUT2D eigenvalue weighted by Gasteiger charge is 2.40. The van der Waals surface area contributed by atoms with E-state index in [9.17, 15) is 14.0 Å². The monoisotopic (exact) mass is 369 g/mol. The van der Waals surface area contributed by atoms with Gasteiger partial charge < -0.3 is 10.6 Å². The fourth-order valence-corrected chi connectivity index (χ4v) is 3.23. The van der Waals surface area contributed by atoms with Crippen LogP contribution in [0.15, 0.2) is 30.3 Å².